The van der Waals surface area contributed by atoms with Crippen molar-refractivity contribution in [1.82, 2.24) is 20.3 Å². The van der Waals surface area contributed by atoms with Crippen LogP contribution in [-0.4, -0.2) is 58.2 Å². The molecule has 8 nitrogen and oxygen atoms in total. The number of halogens is 1. The molecule has 0 aliphatic carbocycles. The molecule has 1 saturated heterocycles. The molecule has 0 radical (unpaired) electrons. The van der Waals surface area contributed by atoms with Crippen LogP contribution in [0.15, 0.2) is 48.5 Å². The minimum Gasteiger partial charge on any atom is -0.368 e. The first-order chi connectivity index (χ1) is 14.5. The van der Waals surface area contributed by atoms with E-state index in [1.54, 1.807) is 30.0 Å². The molecule has 1 aromatic heterocycles. The number of amides is 1. The maximum absolute atomic E-state index is 13.9. The number of para-hydroxylation sites is 1. The number of rotatable bonds is 5. The van der Waals surface area contributed by atoms with Crippen LogP contribution in [0, 0.1) is 5.82 Å². The second-order valence-electron chi connectivity index (χ2n) is 7.01. The van der Waals surface area contributed by atoms with E-state index in [0.717, 1.165) is 5.69 Å². The van der Waals surface area contributed by atoms with E-state index in [4.69, 9.17) is 0 Å². The highest BCUT2D eigenvalue weighted by molar-refractivity contribution is 5.97. The van der Waals surface area contributed by atoms with Crippen molar-refractivity contribution in [3.8, 4) is 0 Å². The van der Waals surface area contributed by atoms with Crippen molar-refractivity contribution < 1.29 is 14.0 Å². The van der Waals surface area contributed by atoms with Gasteiger partial charge in [0.2, 0.25) is 0 Å². The summed E-state index contributed by atoms with van der Waals surface area (Å²) in [5.74, 6) is -0.491. The molecule has 9 heteroatoms. The van der Waals surface area contributed by atoms with Crippen molar-refractivity contribution in [2.45, 2.75) is 6.92 Å². The predicted molar refractivity (Wildman–Crippen MR) is 111 cm³/mol. The smallest absolute Gasteiger partial charge is 0.278 e. The monoisotopic (exact) mass is 408 g/mol. The van der Waals surface area contributed by atoms with Gasteiger partial charge in [-0.25, -0.2) is 4.39 Å². The average molecular weight is 408 g/mol. The minimum absolute atomic E-state index is 0.0318. The Kier molecular flexibility index (Phi) is 5.42. The van der Waals surface area contributed by atoms with Gasteiger partial charge in [0, 0.05) is 37.4 Å². The van der Waals surface area contributed by atoms with E-state index in [1.807, 2.05) is 24.3 Å². The van der Waals surface area contributed by atoms with E-state index in [-0.39, 0.29) is 28.9 Å². The second kappa shape index (κ2) is 8.32. The van der Waals surface area contributed by atoms with Gasteiger partial charge in [-0.3, -0.25) is 9.59 Å². The fourth-order valence-electron chi connectivity index (χ4n) is 3.38. The van der Waals surface area contributed by atoms with Gasteiger partial charge in [0.15, 0.2) is 17.3 Å². The van der Waals surface area contributed by atoms with Crippen molar-refractivity contribution in [2.24, 2.45) is 0 Å². The Balaban J connectivity index is 1.41. The quantitative estimate of drug-likeness (QED) is 0.631. The lowest BCUT2D eigenvalue weighted by Crippen LogP contribution is -2.49. The number of hydrogen-bond donors (Lipinski definition) is 2. The molecule has 154 valence electrons. The van der Waals surface area contributed by atoms with Gasteiger partial charge in [-0.05, 0) is 43.3 Å². The molecule has 0 spiro atoms. The van der Waals surface area contributed by atoms with Gasteiger partial charge in [-0.2, -0.15) is 5.21 Å². The third-order valence-corrected chi connectivity index (χ3v) is 5.08. The fraction of sp³-hybridized carbons (Fsp3) is 0.238. The zero-order valence-electron chi connectivity index (χ0n) is 16.4. The van der Waals surface area contributed by atoms with Gasteiger partial charge < -0.3 is 15.1 Å². The van der Waals surface area contributed by atoms with Crippen molar-refractivity contribution in [1.29, 1.82) is 0 Å². The van der Waals surface area contributed by atoms with E-state index in [9.17, 15) is 14.0 Å². The predicted octanol–water partition coefficient (Wildman–Crippen LogP) is 2.85. The van der Waals surface area contributed by atoms with Crippen LogP contribution >= 0.6 is 0 Å². The summed E-state index contributed by atoms with van der Waals surface area (Å²) in [4.78, 5) is 28.2. The Morgan fingerprint density at radius 2 is 1.70 bits per heavy atom. The van der Waals surface area contributed by atoms with Crippen LogP contribution in [0.1, 0.15) is 27.8 Å². The average Bonchev–Trinajstić information content (AvgIpc) is 3.23. The maximum Gasteiger partial charge on any atom is 0.278 e. The normalized spacial score (nSPS) is 13.9. The molecular weight excluding hydrogens is 387 g/mol. The summed E-state index contributed by atoms with van der Waals surface area (Å²) in [6, 6.07) is 13.6. The molecule has 1 aliphatic heterocycles. The fourth-order valence-corrected chi connectivity index (χ4v) is 3.38. The number of ketones is 1. The summed E-state index contributed by atoms with van der Waals surface area (Å²) in [5.41, 5.74) is 2.03. The lowest BCUT2D eigenvalue weighted by molar-refractivity contribution is 0.0741. The molecule has 0 saturated carbocycles. The van der Waals surface area contributed by atoms with E-state index < -0.39 is 5.82 Å². The number of carbonyl (C=O) groups excluding carboxylic acids is 2. The van der Waals surface area contributed by atoms with Gasteiger partial charge in [0.1, 0.15) is 5.82 Å². The number of aromatic nitrogens is 3. The van der Waals surface area contributed by atoms with Crippen LogP contribution in [0.25, 0.3) is 0 Å². The number of nitrogens with one attached hydrogen (secondary N) is 2. The molecule has 3 aromatic rings. The van der Waals surface area contributed by atoms with Crippen LogP contribution in [0.3, 0.4) is 0 Å². The molecule has 2 N–H and O–H groups in total. The number of aromatic amines is 1. The Labute approximate surface area is 172 Å². The molecule has 2 aromatic carbocycles. The number of Topliss-reactive ketones (excluding diaryl/α,β-unsaturated/α-hetero) is 1. The Bertz CT molecular complexity index is 1060. The summed E-state index contributed by atoms with van der Waals surface area (Å²) in [7, 11) is 0. The van der Waals surface area contributed by atoms with Crippen LogP contribution in [0.5, 0.6) is 0 Å². The molecule has 1 aliphatic rings. The van der Waals surface area contributed by atoms with E-state index in [1.165, 1.54) is 6.07 Å². The van der Waals surface area contributed by atoms with Crippen molar-refractivity contribution in [2.75, 3.05) is 36.4 Å². The molecule has 0 unspecified atom stereocenters. The molecular formula is C21H21FN6O2. The number of H-pyrrole nitrogens is 1. The first-order valence-electron chi connectivity index (χ1n) is 9.60. The summed E-state index contributed by atoms with van der Waals surface area (Å²) in [5, 5.41) is 13.2. The zero-order chi connectivity index (χ0) is 21.1. The number of carbonyl (C=O) groups is 2. The summed E-state index contributed by atoms with van der Waals surface area (Å²) < 4.78 is 13.9. The van der Waals surface area contributed by atoms with Crippen LogP contribution < -0.4 is 10.2 Å². The van der Waals surface area contributed by atoms with Crippen molar-refractivity contribution >= 4 is 28.9 Å². The largest absolute Gasteiger partial charge is 0.368 e. The van der Waals surface area contributed by atoms with Crippen LogP contribution in [0.2, 0.25) is 0 Å². The highest BCUT2D eigenvalue weighted by atomic mass is 19.1. The van der Waals surface area contributed by atoms with Gasteiger partial charge in [-0.1, -0.05) is 12.1 Å². The molecule has 0 bridgehead atoms. The maximum atomic E-state index is 13.9. The van der Waals surface area contributed by atoms with Gasteiger partial charge >= 0.3 is 0 Å². The first-order valence-corrected chi connectivity index (χ1v) is 9.60. The SMILES string of the molecule is CC(=O)c1ccc(N2CCN(C(=O)c3n[nH]nc3Nc3ccccc3F)CC2)cc1. The van der Waals surface area contributed by atoms with Crippen LogP contribution in [0.4, 0.5) is 21.6 Å². The van der Waals surface area contributed by atoms with Crippen molar-refractivity contribution in [3.63, 3.8) is 0 Å². The topological polar surface area (TPSA) is 94.2 Å². The van der Waals surface area contributed by atoms with E-state index >= 15 is 0 Å². The van der Waals surface area contributed by atoms with E-state index in [2.05, 4.69) is 25.6 Å². The molecule has 1 amide bonds. The molecule has 1 fully saturated rings. The van der Waals surface area contributed by atoms with Gasteiger partial charge in [0.25, 0.3) is 5.91 Å². The third kappa shape index (κ3) is 4.00. The minimum atomic E-state index is -0.441. The van der Waals surface area contributed by atoms with Crippen LogP contribution in [-0.2, 0) is 0 Å². The Morgan fingerprint density at radius 3 is 2.37 bits per heavy atom. The zero-order valence-corrected chi connectivity index (χ0v) is 16.4. The number of hydrogen-bond acceptors (Lipinski definition) is 6. The second-order valence-corrected chi connectivity index (χ2v) is 7.01. The summed E-state index contributed by atoms with van der Waals surface area (Å²) in [6.45, 7) is 3.87. The molecule has 0 atom stereocenters. The first kappa shape index (κ1) is 19.6. The number of benzene rings is 2. The Morgan fingerprint density at radius 1 is 1.00 bits per heavy atom. The highest BCUT2D eigenvalue weighted by Gasteiger charge is 2.27. The summed E-state index contributed by atoms with van der Waals surface area (Å²) >= 11 is 0. The lowest BCUT2D eigenvalue weighted by atomic mass is 10.1. The number of anilines is 3. The summed E-state index contributed by atoms with van der Waals surface area (Å²) in [6.07, 6.45) is 0. The number of piperazine rings is 1. The molecule has 2 heterocycles. The Hall–Kier alpha value is -3.75. The number of nitrogens with zero attached hydrogens (tertiary/aromatic N) is 4. The van der Waals surface area contributed by atoms with Gasteiger partial charge in [0.05, 0.1) is 5.69 Å². The highest BCUT2D eigenvalue weighted by Crippen LogP contribution is 2.22. The van der Waals surface area contributed by atoms with E-state index in [0.29, 0.717) is 31.7 Å². The van der Waals surface area contributed by atoms with Crippen molar-refractivity contribution in [3.05, 3.63) is 65.6 Å². The lowest BCUT2D eigenvalue weighted by Gasteiger charge is -2.35. The standard InChI is InChI=1S/C21H21FN6O2/c1-14(29)15-6-8-16(9-7-15)27-10-12-28(13-11-27)21(30)19-20(25-26-24-19)23-18-5-3-2-4-17(18)22/h2-9H,10-13H2,1H3,(H2,23,24,25,26). The molecule has 30 heavy (non-hydrogen) atoms. The third-order valence-electron chi connectivity index (χ3n) is 5.08. The van der Waals surface area contributed by atoms with Gasteiger partial charge in [-0.15, -0.1) is 10.2 Å². The molecule has 4 rings (SSSR count).